The van der Waals surface area contributed by atoms with Gasteiger partial charge >= 0.3 is 0 Å². The molecule has 0 aliphatic carbocycles. The van der Waals surface area contributed by atoms with Crippen molar-refractivity contribution in [1.82, 2.24) is 15.1 Å². The molecule has 5 heteroatoms. The van der Waals surface area contributed by atoms with Gasteiger partial charge in [0.15, 0.2) is 0 Å². The van der Waals surface area contributed by atoms with Gasteiger partial charge in [0.25, 0.3) is 0 Å². The number of benzene rings is 1. The van der Waals surface area contributed by atoms with E-state index in [0.717, 1.165) is 29.3 Å². The maximum Gasteiger partial charge on any atom is 0.231 e. The van der Waals surface area contributed by atoms with Crippen LogP contribution in [0.2, 0.25) is 0 Å². The molecule has 0 spiro atoms. The van der Waals surface area contributed by atoms with Gasteiger partial charge in [-0.3, -0.25) is 4.98 Å². The Morgan fingerprint density at radius 2 is 2.10 bits per heavy atom. The average molecular weight is 282 g/mol. The second-order valence-electron chi connectivity index (χ2n) is 5.06. The van der Waals surface area contributed by atoms with Crippen LogP contribution >= 0.6 is 0 Å². The number of hydrogen-bond donors (Lipinski definition) is 1. The second kappa shape index (κ2) is 6.01. The minimum atomic E-state index is 0.117. The number of aromatic nitrogens is 3. The molecule has 2 N–H and O–H groups in total. The molecular weight excluding hydrogens is 264 g/mol. The van der Waals surface area contributed by atoms with E-state index >= 15 is 0 Å². The first-order valence-corrected chi connectivity index (χ1v) is 7.21. The third kappa shape index (κ3) is 2.64. The molecule has 0 amide bonds. The van der Waals surface area contributed by atoms with Crippen molar-refractivity contribution < 1.29 is 4.52 Å². The lowest BCUT2D eigenvalue weighted by molar-refractivity contribution is 0.347. The third-order valence-electron chi connectivity index (χ3n) is 3.60. The van der Waals surface area contributed by atoms with Gasteiger partial charge < -0.3 is 10.3 Å². The van der Waals surface area contributed by atoms with E-state index in [4.69, 9.17) is 10.3 Å². The summed E-state index contributed by atoms with van der Waals surface area (Å²) in [5.74, 6) is 1.24. The lowest BCUT2D eigenvalue weighted by Crippen LogP contribution is -2.12. The fourth-order valence-electron chi connectivity index (χ4n) is 2.49. The van der Waals surface area contributed by atoms with Gasteiger partial charge in [-0.1, -0.05) is 42.8 Å². The van der Waals surface area contributed by atoms with Gasteiger partial charge in [0.05, 0.1) is 5.92 Å². The Morgan fingerprint density at radius 3 is 2.90 bits per heavy atom. The Bertz CT molecular complexity index is 732. The number of hydrogen-bond acceptors (Lipinski definition) is 5. The Balaban J connectivity index is 2.02. The van der Waals surface area contributed by atoms with E-state index in [1.165, 1.54) is 0 Å². The van der Waals surface area contributed by atoms with Crippen molar-refractivity contribution in [2.24, 2.45) is 5.73 Å². The summed E-state index contributed by atoms with van der Waals surface area (Å²) in [4.78, 5) is 8.91. The zero-order valence-electron chi connectivity index (χ0n) is 12.0. The summed E-state index contributed by atoms with van der Waals surface area (Å²) in [6.45, 7) is 2.63. The summed E-state index contributed by atoms with van der Waals surface area (Å²) in [6.07, 6.45) is 3.74. The van der Waals surface area contributed by atoms with Crippen LogP contribution in [0.3, 0.4) is 0 Å². The minimum Gasteiger partial charge on any atom is -0.339 e. The molecule has 0 saturated heterocycles. The highest BCUT2D eigenvalue weighted by Crippen LogP contribution is 2.26. The van der Waals surface area contributed by atoms with Gasteiger partial charge in [-0.05, 0) is 17.9 Å². The molecule has 3 rings (SSSR count). The Kier molecular flexibility index (Phi) is 3.92. The maximum atomic E-state index is 5.79. The molecule has 108 valence electrons. The molecule has 1 atom stereocenters. The highest BCUT2D eigenvalue weighted by atomic mass is 16.5. The number of fused-ring (bicyclic) bond motifs is 1. The number of rotatable bonds is 5. The predicted molar refractivity (Wildman–Crippen MR) is 81.7 cm³/mol. The van der Waals surface area contributed by atoms with Gasteiger partial charge in [-0.2, -0.15) is 4.98 Å². The lowest BCUT2D eigenvalue weighted by atomic mass is 10.0. The first kappa shape index (κ1) is 13.7. The normalized spacial score (nSPS) is 12.7. The SMILES string of the molecule is CCCC(CN)c1nc(-c2nccc3ccccc23)no1. The van der Waals surface area contributed by atoms with Crippen LogP contribution in [0.25, 0.3) is 22.3 Å². The third-order valence-corrected chi connectivity index (χ3v) is 3.60. The number of nitrogens with zero attached hydrogens (tertiary/aromatic N) is 3. The number of nitrogens with two attached hydrogens (primary N) is 1. The largest absolute Gasteiger partial charge is 0.339 e. The molecule has 0 bridgehead atoms. The molecule has 2 heterocycles. The van der Waals surface area contributed by atoms with Gasteiger partial charge in [-0.25, -0.2) is 0 Å². The van der Waals surface area contributed by atoms with Crippen LogP contribution in [0, 0.1) is 0 Å². The Labute approximate surface area is 123 Å². The highest BCUT2D eigenvalue weighted by Gasteiger charge is 2.19. The molecule has 1 unspecified atom stereocenters. The maximum absolute atomic E-state index is 5.79. The molecule has 0 aliphatic rings. The average Bonchev–Trinajstić information content (AvgIpc) is 3.01. The van der Waals surface area contributed by atoms with Gasteiger partial charge in [0, 0.05) is 18.1 Å². The van der Waals surface area contributed by atoms with Crippen molar-refractivity contribution in [3.63, 3.8) is 0 Å². The fraction of sp³-hybridized carbons (Fsp3) is 0.312. The molecule has 0 radical (unpaired) electrons. The van der Waals surface area contributed by atoms with E-state index in [9.17, 15) is 0 Å². The minimum absolute atomic E-state index is 0.117. The summed E-state index contributed by atoms with van der Waals surface area (Å²) < 4.78 is 5.39. The van der Waals surface area contributed by atoms with Crippen LogP contribution in [-0.4, -0.2) is 21.7 Å². The van der Waals surface area contributed by atoms with Crippen molar-refractivity contribution in [1.29, 1.82) is 0 Å². The molecule has 3 aromatic rings. The first-order valence-electron chi connectivity index (χ1n) is 7.21. The van der Waals surface area contributed by atoms with Crippen LogP contribution in [0.4, 0.5) is 0 Å². The van der Waals surface area contributed by atoms with Crippen LogP contribution in [0.15, 0.2) is 41.1 Å². The molecule has 2 aromatic heterocycles. The van der Waals surface area contributed by atoms with Crippen molar-refractivity contribution in [2.45, 2.75) is 25.7 Å². The summed E-state index contributed by atoms with van der Waals surface area (Å²) in [6, 6.07) is 10.0. The molecular formula is C16H18N4O. The van der Waals surface area contributed by atoms with Crippen LogP contribution in [0.5, 0.6) is 0 Å². The van der Waals surface area contributed by atoms with Crippen LogP contribution < -0.4 is 5.73 Å². The number of pyridine rings is 1. The summed E-state index contributed by atoms with van der Waals surface area (Å²) in [7, 11) is 0. The second-order valence-corrected chi connectivity index (χ2v) is 5.06. The van der Waals surface area contributed by atoms with E-state index in [-0.39, 0.29) is 5.92 Å². The predicted octanol–water partition coefficient (Wildman–Crippen LogP) is 3.13. The first-order chi connectivity index (χ1) is 10.3. The Hall–Kier alpha value is -2.27. The smallest absolute Gasteiger partial charge is 0.231 e. The van der Waals surface area contributed by atoms with Crippen LogP contribution in [0.1, 0.15) is 31.6 Å². The van der Waals surface area contributed by atoms with Gasteiger partial charge in [-0.15, -0.1) is 0 Å². The Morgan fingerprint density at radius 1 is 1.24 bits per heavy atom. The molecule has 0 aliphatic heterocycles. The summed E-state index contributed by atoms with van der Waals surface area (Å²) in [5, 5.41) is 6.21. The van der Waals surface area contributed by atoms with Gasteiger partial charge in [0.1, 0.15) is 5.69 Å². The van der Waals surface area contributed by atoms with Gasteiger partial charge in [0.2, 0.25) is 11.7 Å². The molecule has 0 saturated carbocycles. The van der Waals surface area contributed by atoms with Crippen LogP contribution in [-0.2, 0) is 0 Å². The standard InChI is InChI=1S/C16H18N4O/c1-2-5-12(10-17)16-19-15(20-21-16)14-13-7-4-3-6-11(13)8-9-18-14/h3-4,6-9,12H,2,5,10,17H2,1H3. The molecule has 5 nitrogen and oxygen atoms in total. The van der Waals surface area contributed by atoms with E-state index < -0.39 is 0 Å². The summed E-state index contributed by atoms with van der Waals surface area (Å²) in [5.41, 5.74) is 6.53. The van der Waals surface area contributed by atoms with Crippen molar-refractivity contribution in [3.05, 3.63) is 42.4 Å². The van der Waals surface area contributed by atoms with Crippen molar-refractivity contribution in [3.8, 4) is 11.5 Å². The molecule has 21 heavy (non-hydrogen) atoms. The topological polar surface area (TPSA) is 77.8 Å². The zero-order valence-corrected chi connectivity index (χ0v) is 12.0. The lowest BCUT2D eigenvalue weighted by Gasteiger charge is -2.06. The van der Waals surface area contributed by atoms with E-state index in [0.29, 0.717) is 18.3 Å². The monoisotopic (exact) mass is 282 g/mol. The molecule has 0 fully saturated rings. The fourth-order valence-corrected chi connectivity index (χ4v) is 2.49. The quantitative estimate of drug-likeness (QED) is 0.777. The highest BCUT2D eigenvalue weighted by molar-refractivity contribution is 5.92. The zero-order chi connectivity index (χ0) is 14.7. The van der Waals surface area contributed by atoms with Crippen molar-refractivity contribution in [2.75, 3.05) is 6.54 Å². The van der Waals surface area contributed by atoms with Crippen molar-refractivity contribution >= 4 is 10.8 Å². The van der Waals surface area contributed by atoms with E-state index in [2.05, 4.69) is 22.0 Å². The van der Waals surface area contributed by atoms with E-state index in [1.807, 2.05) is 30.3 Å². The van der Waals surface area contributed by atoms with E-state index in [1.54, 1.807) is 6.20 Å². The summed E-state index contributed by atoms with van der Waals surface area (Å²) >= 11 is 0. The molecule has 1 aromatic carbocycles.